The fourth-order valence-electron chi connectivity index (χ4n) is 3.87. The van der Waals surface area contributed by atoms with Gasteiger partial charge in [-0.3, -0.25) is 4.79 Å². The minimum atomic E-state index is -3.52. The van der Waals surface area contributed by atoms with Crippen molar-refractivity contribution in [3.8, 4) is 0 Å². The first-order chi connectivity index (χ1) is 12.5. The Kier molecular flexibility index (Phi) is 6.35. The van der Waals surface area contributed by atoms with Gasteiger partial charge in [0.1, 0.15) is 0 Å². The van der Waals surface area contributed by atoms with Gasteiger partial charge in [-0.05, 0) is 50.3 Å². The lowest BCUT2D eigenvalue weighted by Crippen LogP contribution is -2.36. The third-order valence-electron chi connectivity index (χ3n) is 5.54. The maximum Gasteiger partial charge on any atom is 0.254 e. The third kappa shape index (κ3) is 4.29. The van der Waals surface area contributed by atoms with Crippen LogP contribution in [0.2, 0.25) is 0 Å². The largest absolute Gasteiger partial charge is 0.339 e. The molecule has 0 bridgehead atoms. The number of nitrogens with zero attached hydrogens (tertiary/aromatic N) is 2. The van der Waals surface area contributed by atoms with Gasteiger partial charge < -0.3 is 4.90 Å². The number of aryl methyl sites for hydroxylation is 1. The Balaban J connectivity index is 1.85. The van der Waals surface area contributed by atoms with Gasteiger partial charge in [0.05, 0.1) is 4.90 Å². The molecule has 26 heavy (non-hydrogen) atoms. The van der Waals surface area contributed by atoms with Crippen LogP contribution >= 0.6 is 0 Å². The Morgan fingerprint density at radius 3 is 2.04 bits per heavy atom. The lowest BCUT2D eigenvalue weighted by Gasteiger charge is -2.27. The molecule has 0 saturated carbocycles. The first-order valence-corrected chi connectivity index (χ1v) is 11.3. The molecule has 1 amide bonds. The van der Waals surface area contributed by atoms with E-state index in [4.69, 9.17) is 0 Å². The summed E-state index contributed by atoms with van der Waals surface area (Å²) in [5.74, 6) is -0.0277. The molecule has 3 rings (SSSR count). The first-order valence-electron chi connectivity index (χ1n) is 9.90. The molecule has 1 aromatic carbocycles. The minimum Gasteiger partial charge on any atom is -0.339 e. The highest BCUT2D eigenvalue weighted by atomic mass is 32.2. The number of amides is 1. The predicted octanol–water partition coefficient (Wildman–Crippen LogP) is 3.58. The van der Waals surface area contributed by atoms with E-state index in [0.29, 0.717) is 18.7 Å². The van der Waals surface area contributed by atoms with E-state index in [1.165, 1.54) is 6.42 Å². The summed E-state index contributed by atoms with van der Waals surface area (Å²) in [6.07, 6.45) is 8.50. The van der Waals surface area contributed by atoms with Crippen LogP contribution in [0.1, 0.15) is 67.3 Å². The molecule has 0 N–H and O–H groups in total. The van der Waals surface area contributed by atoms with E-state index < -0.39 is 10.0 Å². The molecule has 5 nitrogen and oxygen atoms in total. The average Bonchev–Trinajstić information content (AvgIpc) is 2.62. The number of carbonyl (C=O) groups is 1. The number of benzene rings is 1. The number of rotatable bonds is 3. The second kappa shape index (κ2) is 8.53. The number of hydrogen-bond acceptors (Lipinski definition) is 3. The van der Waals surface area contributed by atoms with Crippen LogP contribution in [0.3, 0.4) is 0 Å². The molecule has 2 heterocycles. The Bertz CT molecular complexity index is 731. The quantitative estimate of drug-likeness (QED) is 0.808. The molecule has 2 aliphatic rings. The zero-order valence-electron chi connectivity index (χ0n) is 15.7. The highest BCUT2D eigenvalue weighted by Crippen LogP contribution is 2.24. The molecule has 0 unspecified atom stereocenters. The van der Waals surface area contributed by atoms with Crippen molar-refractivity contribution in [1.82, 2.24) is 9.21 Å². The summed E-state index contributed by atoms with van der Waals surface area (Å²) in [4.78, 5) is 15.2. The standard InChI is InChI=1S/C20H30N2O3S/c1-17-10-11-18(26(24,25)22-14-8-5-9-15-22)16-19(17)20(23)21-12-6-3-2-4-7-13-21/h10-11,16H,2-9,12-15H2,1H3. The van der Waals surface area contributed by atoms with Crippen LogP contribution in [0.25, 0.3) is 0 Å². The summed E-state index contributed by atoms with van der Waals surface area (Å²) in [6, 6.07) is 5.01. The zero-order chi connectivity index (χ0) is 18.6. The zero-order valence-corrected chi connectivity index (χ0v) is 16.6. The number of hydrogen-bond donors (Lipinski definition) is 0. The summed E-state index contributed by atoms with van der Waals surface area (Å²) in [5.41, 5.74) is 1.37. The highest BCUT2D eigenvalue weighted by Gasteiger charge is 2.28. The summed E-state index contributed by atoms with van der Waals surface area (Å²) in [5, 5.41) is 0. The minimum absolute atomic E-state index is 0.0277. The number of piperidine rings is 1. The van der Waals surface area contributed by atoms with Gasteiger partial charge in [-0.15, -0.1) is 0 Å². The van der Waals surface area contributed by atoms with Crippen molar-refractivity contribution < 1.29 is 13.2 Å². The van der Waals surface area contributed by atoms with Gasteiger partial charge in [-0.25, -0.2) is 8.42 Å². The Morgan fingerprint density at radius 2 is 1.38 bits per heavy atom. The topological polar surface area (TPSA) is 57.7 Å². The molecule has 0 aromatic heterocycles. The van der Waals surface area contributed by atoms with E-state index in [9.17, 15) is 13.2 Å². The van der Waals surface area contributed by atoms with Crippen LogP contribution in [0.4, 0.5) is 0 Å². The molecule has 2 fully saturated rings. The molecular weight excluding hydrogens is 348 g/mol. The molecule has 0 atom stereocenters. The molecule has 0 radical (unpaired) electrons. The van der Waals surface area contributed by atoms with Crippen LogP contribution < -0.4 is 0 Å². The van der Waals surface area contributed by atoms with E-state index in [-0.39, 0.29) is 10.8 Å². The Hall–Kier alpha value is -1.40. The summed E-state index contributed by atoms with van der Waals surface area (Å²) >= 11 is 0. The molecule has 1 aromatic rings. The van der Waals surface area contributed by atoms with Gasteiger partial charge in [0.2, 0.25) is 10.0 Å². The molecular formula is C20H30N2O3S. The molecule has 0 spiro atoms. The second-order valence-corrected chi connectivity index (χ2v) is 9.44. The van der Waals surface area contributed by atoms with Crippen LogP contribution in [-0.4, -0.2) is 49.7 Å². The maximum absolute atomic E-state index is 13.1. The predicted molar refractivity (Wildman–Crippen MR) is 103 cm³/mol. The molecule has 144 valence electrons. The van der Waals surface area contributed by atoms with Crippen molar-refractivity contribution in [1.29, 1.82) is 0 Å². The number of sulfonamides is 1. The fourth-order valence-corrected chi connectivity index (χ4v) is 5.41. The van der Waals surface area contributed by atoms with Gasteiger partial charge >= 0.3 is 0 Å². The first kappa shape index (κ1) is 19.4. The summed E-state index contributed by atoms with van der Waals surface area (Å²) in [6.45, 7) is 4.56. The van der Waals surface area contributed by atoms with Gasteiger partial charge in [-0.1, -0.05) is 31.7 Å². The van der Waals surface area contributed by atoms with Crippen LogP contribution in [-0.2, 0) is 10.0 Å². The third-order valence-corrected chi connectivity index (χ3v) is 7.43. The van der Waals surface area contributed by atoms with E-state index in [2.05, 4.69) is 0 Å². The fraction of sp³-hybridized carbons (Fsp3) is 0.650. The van der Waals surface area contributed by atoms with Crippen LogP contribution in [0.15, 0.2) is 23.1 Å². The lowest BCUT2D eigenvalue weighted by molar-refractivity contribution is 0.0741. The second-order valence-electron chi connectivity index (χ2n) is 7.50. The van der Waals surface area contributed by atoms with E-state index in [1.807, 2.05) is 11.8 Å². The van der Waals surface area contributed by atoms with E-state index >= 15 is 0 Å². The van der Waals surface area contributed by atoms with Crippen molar-refractivity contribution >= 4 is 15.9 Å². The summed E-state index contributed by atoms with van der Waals surface area (Å²) in [7, 11) is -3.52. The molecule has 6 heteroatoms. The number of carbonyl (C=O) groups excluding carboxylic acids is 1. The van der Waals surface area contributed by atoms with Crippen molar-refractivity contribution in [2.45, 2.75) is 63.2 Å². The molecule has 2 saturated heterocycles. The Morgan fingerprint density at radius 1 is 0.846 bits per heavy atom. The van der Waals surface area contributed by atoms with Gasteiger partial charge in [0, 0.05) is 31.7 Å². The highest BCUT2D eigenvalue weighted by molar-refractivity contribution is 7.89. The smallest absolute Gasteiger partial charge is 0.254 e. The molecule has 0 aliphatic carbocycles. The van der Waals surface area contributed by atoms with Crippen molar-refractivity contribution in [2.24, 2.45) is 0 Å². The van der Waals surface area contributed by atoms with Crippen LogP contribution in [0, 0.1) is 6.92 Å². The van der Waals surface area contributed by atoms with Crippen LogP contribution in [0.5, 0.6) is 0 Å². The summed E-state index contributed by atoms with van der Waals surface area (Å²) < 4.78 is 27.5. The van der Waals surface area contributed by atoms with E-state index in [1.54, 1.807) is 22.5 Å². The van der Waals surface area contributed by atoms with Gasteiger partial charge in [0.15, 0.2) is 0 Å². The maximum atomic E-state index is 13.1. The van der Waals surface area contributed by atoms with Gasteiger partial charge in [-0.2, -0.15) is 4.31 Å². The van der Waals surface area contributed by atoms with E-state index in [0.717, 1.165) is 63.6 Å². The molecule has 2 aliphatic heterocycles. The number of likely N-dealkylation sites (tertiary alicyclic amines) is 1. The van der Waals surface area contributed by atoms with Crippen molar-refractivity contribution in [2.75, 3.05) is 26.2 Å². The Labute approximate surface area is 157 Å². The lowest BCUT2D eigenvalue weighted by atomic mass is 10.0. The average molecular weight is 379 g/mol. The monoisotopic (exact) mass is 378 g/mol. The normalized spacial score (nSPS) is 20.4. The van der Waals surface area contributed by atoms with Gasteiger partial charge in [0.25, 0.3) is 5.91 Å². The SMILES string of the molecule is Cc1ccc(S(=O)(=O)N2CCCCC2)cc1C(=O)N1CCCCCCC1. The van der Waals surface area contributed by atoms with Crippen molar-refractivity contribution in [3.05, 3.63) is 29.3 Å². The van der Waals surface area contributed by atoms with Crippen molar-refractivity contribution in [3.63, 3.8) is 0 Å².